The summed E-state index contributed by atoms with van der Waals surface area (Å²) in [6.45, 7) is 7.71. The van der Waals surface area contributed by atoms with E-state index in [-0.39, 0.29) is 5.91 Å². The van der Waals surface area contributed by atoms with Gasteiger partial charge in [-0.15, -0.1) is 0 Å². The number of hydrogen-bond donors (Lipinski definition) is 1. The number of carboxylic acids is 1. The van der Waals surface area contributed by atoms with E-state index in [4.69, 9.17) is 4.42 Å². The summed E-state index contributed by atoms with van der Waals surface area (Å²) in [4.78, 5) is 26.0. The van der Waals surface area contributed by atoms with Gasteiger partial charge in [-0.05, 0) is 40.0 Å². The van der Waals surface area contributed by atoms with Crippen molar-refractivity contribution in [2.24, 2.45) is 0 Å². The van der Waals surface area contributed by atoms with Gasteiger partial charge in [-0.2, -0.15) is 0 Å². The van der Waals surface area contributed by atoms with Gasteiger partial charge < -0.3 is 14.4 Å². The number of amides is 1. The van der Waals surface area contributed by atoms with Crippen molar-refractivity contribution in [1.29, 1.82) is 0 Å². The van der Waals surface area contributed by atoms with Crippen molar-refractivity contribution in [3.63, 3.8) is 0 Å². The highest BCUT2D eigenvalue weighted by atomic mass is 16.4. The summed E-state index contributed by atoms with van der Waals surface area (Å²) in [6.07, 6.45) is 1.66. The second kappa shape index (κ2) is 4.96. The lowest BCUT2D eigenvalue weighted by molar-refractivity contribution is -0.148. The fourth-order valence-corrected chi connectivity index (χ4v) is 3.16. The number of aliphatic carboxylic acids is 1. The predicted octanol–water partition coefficient (Wildman–Crippen LogP) is 2.67. The Morgan fingerprint density at radius 2 is 1.95 bits per heavy atom. The average Bonchev–Trinajstić information content (AvgIpc) is 2.92. The van der Waals surface area contributed by atoms with Crippen molar-refractivity contribution in [1.82, 2.24) is 4.90 Å². The van der Waals surface area contributed by atoms with Crippen LogP contribution in [-0.2, 0) is 4.79 Å². The van der Waals surface area contributed by atoms with E-state index >= 15 is 0 Å². The first-order chi connectivity index (χ1) is 9.35. The number of likely N-dealkylation sites (tertiary alicyclic amines) is 1. The van der Waals surface area contributed by atoms with E-state index in [1.807, 2.05) is 20.8 Å². The number of carbonyl (C=O) groups is 2. The zero-order valence-electron chi connectivity index (χ0n) is 12.4. The van der Waals surface area contributed by atoms with E-state index in [0.29, 0.717) is 36.5 Å². The third kappa shape index (κ3) is 1.92. The zero-order chi connectivity index (χ0) is 15.1. The SMILES string of the molecule is CCC1(C(=O)O)CCCN1C(=O)c1c(C)oc(C)c1C. The lowest BCUT2D eigenvalue weighted by Crippen LogP contribution is -2.52. The normalized spacial score (nSPS) is 22.3. The molecule has 0 spiro atoms. The third-order valence-electron chi connectivity index (χ3n) is 4.49. The molecule has 1 atom stereocenters. The van der Waals surface area contributed by atoms with Gasteiger partial charge >= 0.3 is 5.97 Å². The van der Waals surface area contributed by atoms with Crippen molar-refractivity contribution >= 4 is 11.9 Å². The molecule has 5 heteroatoms. The minimum Gasteiger partial charge on any atom is -0.479 e. The van der Waals surface area contributed by atoms with Crippen LogP contribution < -0.4 is 0 Å². The monoisotopic (exact) mass is 279 g/mol. The smallest absolute Gasteiger partial charge is 0.329 e. The number of rotatable bonds is 3. The predicted molar refractivity (Wildman–Crippen MR) is 73.8 cm³/mol. The van der Waals surface area contributed by atoms with Gasteiger partial charge in [0.05, 0.1) is 5.56 Å². The Labute approximate surface area is 118 Å². The summed E-state index contributed by atoms with van der Waals surface area (Å²) in [5.41, 5.74) is 0.250. The molecular formula is C15H21NO4. The molecule has 2 heterocycles. The summed E-state index contributed by atoms with van der Waals surface area (Å²) in [5, 5.41) is 9.56. The van der Waals surface area contributed by atoms with Crippen LogP contribution in [0.4, 0.5) is 0 Å². The number of aryl methyl sites for hydroxylation is 2. The Morgan fingerprint density at radius 1 is 1.30 bits per heavy atom. The molecular weight excluding hydrogens is 258 g/mol. The molecule has 1 aliphatic rings. The number of carboxylic acid groups (broad SMARTS) is 1. The molecule has 0 aliphatic carbocycles. The molecule has 1 amide bonds. The lowest BCUT2D eigenvalue weighted by atomic mass is 9.92. The summed E-state index contributed by atoms with van der Waals surface area (Å²) in [5.74, 6) is 0.134. The fraction of sp³-hybridized carbons (Fsp3) is 0.600. The summed E-state index contributed by atoms with van der Waals surface area (Å²) in [6, 6.07) is 0. The average molecular weight is 279 g/mol. The van der Waals surface area contributed by atoms with E-state index < -0.39 is 11.5 Å². The molecule has 1 saturated heterocycles. The van der Waals surface area contributed by atoms with Crippen LogP contribution in [0.2, 0.25) is 0 Å². The Bertz CT molecular complexity index is 560. The van der Waals surface area contributed by atoms with Gasteiger partial charge in [0.1, 0.15) is 17.1 Å². The van der Waals surface area contributed by atoms with Crippen molar-refractivity contribution in [2.75, 3.05) is 6.54 Å². The topological polar surface area (TPSA) is 70.8 Å². The van der Waals surface area contributed by atoms with Gasteiger partial charge in [-0.1, -0.05) is 6.92 Å². The van der Waals surface area contributed by atoms with Gasteiger partial charge in [0.15, 0.2) is 0 Å². The number of nitrogens with zero attached hydrogens (tertiary/aromatic N) is 1. The molecule has 1 aromatic rings. The molecule has 0 aromatic carbocycles. The van der Waals surface area contributed by atoms with Crippen LogP contribution in [0.3, 0.4) is 0 Å². The molecule has 0 bridgehead atoms. The summed E-state index contributed by atoms with van der Waals surface area (Å²) in [7, 11) is 0. The number of hydrogen-bond acceptors (Lipinski definition) is 3. The van der Waals surface area contributed by atoms with Gasteiger partial charge in [0.25, 0.3) is 5.91 Å². The molecule has 1 unspecified atom stereocenters. The van der Waals surface area contributed by atoms with E-state index in [2.05, 4.69) is 0 Å². The first-order valence-corrected chi connectivity index (χ1v) is 6.97. The summed E-state index contributed by atoms with van der Waals surface area (Å²) >= 11 is 0. The number of carbonyl (C=O) groups excluding carboxylic acids is 1. The molecule has 0 saturated carbocycles. The Kier molecular flexibility index (Phi) is 3.63. The molecule has 1 N–H and O–H groups in total. The minimum atomic E-state index is -1.07. The molecule has 1 aromatic heterocycles. The lowest BCUT2D eigenvalue weighted by Gasteiger charge is -2.34. The maximum Gasteiger partial charge on any atom is 0.329 e. The minimum absolute atomic E-state index is 0.224. The number of furan rings is 1. The van der Waals surface area contributed by atoms with Gasteiger partial charge in [-0.25, -0.2) is 4.79 Å². The van der Waals surface area contributed by atoms with Crippen LogP contribution in [0, 0.1) is 20.8 Å². The molecule has 0 radical (unpaired) electrons. The molecule has 110 valence electrons. The Balaban J connectivity index is 2.45. The largest absolute Gasteiger partial charge is 0.479 e. The third-order valence-corrected chi connectivity index (χ3v) is 4.49. The molecule has 1 fully saturated rings. The van der Waals surface area contributed by atoms with E-state index in [0.717, 1.165) is 12.0 Å². The van der Waals surface area contributed by atoms with Crippen molar-refractivity contribution < 1.29 is 19.1 Å². The zero-order valence-corrected chi connectivity index (χ0v) is 12.4. The molecule has 2 rings (SSSR count). The van der Waals surface area contributed by atoms with Crippen LogP contribution in [0.5, 0.6) is 0 Å². The fourth-order valence-electron chi connectivity index (χ4n) is 3.16. The van der Waals surface area contributed by atoms with Crippen molar-refractivity contribution in [3.05, 3.63) is 22.6 Å². The van der Waals surface area contributed by atoms with Gasteiger partial charge in [0, 0.05) is 12.1 Å². The standard InChI is InChI=1S/C15H21NO4/c1-5-15(14(18)19)7-6-8-16(15)13(17)12-9(2)10(3)20-11(12)4/h5-8H2,1-4H3,(H,18,19). The van der Waals surface area contributed by atoms with Gasteiger partial charge in [-0.3, -0.25) is 4.79 Å². The highest BCUT2D eigenvalue weighted by Gasteiger charge is 2.49. The highest BCUT2D eigenvalue weighted by molar-refractivity contribution is 6.00. The van der Waals surface area contributed by atoms with Crippen LogP contribution in [0.1, 0.15) is 53.6 Å². The quantitative estimate of drug-likeness (QED) is 0.923. The Morgan fingerprint density at radius 3 is 2.40 bits per heavy atom. The van der Waals surface area contributed by atoms with Crippen LogP contribution in [-0.4, -0.2) is 34.0 Å². The second-order valence-electron chi connectivity index (χ2n) is 5.47. The molecule has 5 nitrogen and oxygen atoms in total. The van der Waals surface area contributed by atoms with Crippen LogP contribution in [0.15, 0.2) is 4.42 Å². The Hall–Kier alpha value is -1.78. The van der Waals surface area contributed by atoms with Crippen LogP contribution >= 0.6 is 0 Å². The maximum atomic E-state index is 12.8. The van der Waals surface area contributed by atoms with E-state index in [1.54, 1.807) is 6.92 Å². The van der Waals surface area contributed by atoms with E-state index in [9.17, 15) is 14.7 Å². The molecule has 20 heavy (non-hydrogen) atoms. The second-order valence-corrected chi connectivity index (χ2v) is 5.47. The van der Waals surface area contributed by atoms with Crippen molar-refractivity contribution in [2.45, 2.75) is 52.5 Å². The van der Waals surface area contributed by atoms with Crippen molar-refractivity contribution in [3.8, 4) is 0 Å². The molecule has 1 aliphatic heterocycles. The highest BCUT2D eigenvalue weighted by Crippen LogP contribution is 2.35. The summed E-state index contributed by atoms with van der Waals surface area (Å²) < 4.78 is 5.49. The van der Waals surface area contributed by atoms with Crippen LogP contribution in [0.25, 0.3) is 0 Å². The van der Waals surface area contributed by atoms with E-state index in [1.165, 1.54) is 4.90 Å². The first kappa shape index (κ1) is 14.6. The maximum absolute atomic E-state index is 12.8. The van der Waals surface area contributed by atoms with Gasteiger partial charge in [0.2, 0.25) is 0 Å². The first-order valence-electron chi connectivity index (χ1n) is 6.97.